The van der Waals surface area contributed by atoms with E-state index in [2.05, 4.69) is 33.1 Å². The van der Waals surface area contributed by atoms with Crippen LogP contribution in [0.3, 0.4) is 0 Å². The molecule has 0 unspecified atom stereocenters. The zero-order chi connectivity index (χ0) is 14.1. The second-order valence-electron chi connectivity index (χ2n) is 5.25. The van der Waals surface area contributed by atoms with Gasteiger partial charge in [-0.1, -0.05) is 15.9 Å². The quantitative estimate of drug-likeness (QED) is 0.855. The standard InChI is InChI=1S/C15H17BrN2O2/c1-10-8-17-4-5-18(10)9-11-6-15(19)20-14-7-12(16)2-3-13(11)14/h2-3,6-7,10,17H,4-5,8-9H2,1H3/t10-/m1/s1. The molecule has 3 rings (SSSR count). The van der Waals surface area contributed by atoms with E-state index in [1.165, 1.54) is 0 Å². The first-order valence-electron chi connectivity index (χ1n) is 6.80. The molecule has 1 N–H and O–H groups in total. The summed E-state index contributed by atoms with van der Waals surface area (Å²) in [7, 11) is 0. The predicted molar refractivity (Wildman–Crippen MR) is 82.9 cm³/mol. The van der Waals surface area contributed by atoms with E-state index < -0.39 is 0 Å². The van der Waals surface area contributed by atoms with Gasteiger partial charge in [-0.2, -0.15) is 0 Å². The molecular weight excluding hydrogens is 320 g/mol. The molecule has 0 saturated carbocycles. The van der Waals surface area contributed by atoms with Crippen LogP contribution < -0.4 is 10.9 Å². The first kappa shape index (κ1) is 13.8. The first-order valence-corrected chi connectivity index (χ1v) is 7.60. The minimum atomic E-state index is -0.284. The second kappa shape index (κ2) is 5.68. The van der Waals surface area contributed by atoms with Crippen LogP contribution in [-0.4, -0.2) is 30.6 Å². The van der Waals surface area contributed by atoms with E-state index in [9.17, 15) is 4.79 Å². The van der Waals surface area contributed by atoms with Crippen LogP contribution in [0.4, 0.5) is 0 Å². The zero-order valence-electron chi connectivity index (χ0n) is 11.4. The maximum atomic E-state index is 11.7. The van der Waals surface area contributed by atoms with Crippen molar-refractivity contribution in [3.05, 3.63) is 44.7 Å². The SMILES string of the molecule is C[C@@H]1CNCCN1Cc1cc(=O)oc2cc(Br)ccc12. The smallest absolute Gasteiger partial charge is 0.336 e. The molecule has 2 aromatic rings. The predicted octanol–water partition coefficient (Wildman–Crippen LogP) is 2.35. The number of fused-ring (bicyclic) bond motifs is 1. The van der Waals surface area contributed by atoms with Crippen molar-refractivity contribution in [1.82, 2.24) is 10.2 Å². The Morgan fingerprint density at radius 2 is 2.30 bits per heavy atom. The van der Waals surface area contributed by atoms with Crippen LogP contribution in [0.5, 0.6) is 0 Å². The fraction of sp³-hybridized carbons (Fsp3) is 0.400. The molecule has 1 aliphatic heterocycles. The maximum Gasteiger partial charge on any atom is 0.336 e. The van der Waals surface area contributed by atoms with Crippen molar-refractivity contribution in [2.75, 3.05) is 19.6 Å². The fourth-order valence-electron chi connectivity index (χ4n) is 2.67. The van der Waals surface area contributed by atoms with Crippen LogP contribution in [0.1, 0.15) is 12.5 Å². The molecule has 1 fully saturated rings. The van der Waals surface area contributed by atoms with Gasteiger partial charge in [-0.15, -0.1) is 0 Å². The summed E-state index contributed by atoms with van der Waals surface area (Å²) in [6.07, 6.45) is 0. The molecule has 0 radical (unpaired) electrons. The van der Waals surface area contributed by atoms with E-state index in [0.717, 1.165) is 41.6 Å². The Kier molecular flexibility index (Phi) is 3.92. The van der Waals surface area contributed by atoms with Crippen LogP contribution >= 0.6 is 15.9 Å². The van der Waals surface area contributed by atoms with Crippen LogP contribution in [0.15, 0.2) is 37.9 Å². The summed E-state index contributed by atoms with van der Waals surface area (Å²) in [6.45, 7) is 5.97. The molecular formula is C15H17BrN2O2. The van der Waals surface area contributed by atoms with Gasteiger partial charge in [-0.25, -0.2) is 4.79 Å². The van der Waals surface area contributed by atoms with Crippen molar-refractivity contribution in [3.8, 4) is 0 Å². The van der Waals surface area contributed by atoms with Gasteiger partial charge in [0.25, 0.3) is 0 Å². The summed E-state index contributed by atoms with van der Waals surface area (Å²) in [5.41, 5.74) is 1.40. The van der Waals surface area contributed by atoms with Gasteiger partial charge in [0, 0.05) is 48.1 Å². The Morgan fingerprint density at radius 1 is 1.45 bits per heavy atom. The van der Waals surface area contributed by atoms with E-state index in [1.54, 1.807) is 6.07 Å². The van der Waals surface area contributed by atoms with Crippen LogP contribution in [0.2, 0.25) is 0 Å². The summed E-state index contributed by atoms with van der Waals surface area (Å²) in [6, 6.07) is 7.92. The Hall–Kier alpha value is -1.17. The van der Waals surface area contributed by atoms with Crippen LogP contribution in [0.25, 0.3) is 11.0 Å². The maximum absolute atomic E-state index is 11.7. The largest absolute Gasteiger partial charge is 0.423 e. The van der Waals surface area contributed by atoms with Crippen LogP contribution in [-0.2, 0) is 6.54 Å². The molecule has 0 amide bonds. The van der Waals surface area contributed by atoms with Gasteiger partial charge in [0.2, 0.25) is 0 Å². The molecule has 4 nitrogen and oxygen atoms in total. The zero-order valence-corrected chi connectivity index (χ0v) is 12.9. The summed E-state index contributed by atoms with van der Waals surface area (Å²) in [5.74, 6) is 0. The molecule has 1 aliphatic rings. The summed E-state index contributed by atoms with van der Waals surface area (Å²) >= 11 is 3.41. The van der Waals surface area contributed by atoms with E-state index in [4.69, 9.17) is 4.42 Å². The van der Waals surface area contributed by atoms with Gasteiger partial charge in [0.05, 0.1) is 0 Å². The average molecular weight is 337 g/mol. The second-order valence-corrected chi connectivity index (χ2v) is 6.17. The summed E-state index contributed by atoms with van der Waals surface area (Å²) in [4.78, 5) is 14.1. The molecule has 0 spiro atoms. The van der Waals surface area contributed by atoms with Crippen molar-refractivity contribution >= 4 is 26.9 Å². The lowest BCUT2D eigenvalue weighted by molar-refractivity contribution is 0.166. The van der Waals surface area contributed by atoms with E-state index in [1.807, 2.05) is 18.2 Å². The third-order valence-corrected chi connectivity index (χ3v) is 4.30. The number of halogens is 1. The lowest BCUT2D eigenvalue weighted by Gasteiger charge is -2.34. The fourth-order valence-corrected chi connectivity index (χ4v) is 3.01. The number of benzene rings is 1. The number of rotatable bonds is 2. The lowest BCUT2D eigenvalue weighted by Crippen LogP contribution is -2.49. The summed E-state index contributed by atoms with van der Waals surface area (Å²) < 4.78 is 6.20. The lowest BCUT2D eigenvalue weighted by atomic mass is 10.1. The number of hydrogen-bond donors (Lipinski definition) is 1. The highest BCUT2D eigenvalue weighted by molar-refractivity contribution is 9.10. The molecule has 1 atom stereocenters. The molecule has 1 saturated heterocycles. The van der Waals surface area contributed by atoms with E-state index in [0.29, 0.717) is 11.6 Å². The van der Waals surface area contributed by atoms with Crippen molar-refractivity contribution in [3.63, 3.8) is 0 Å². The van der Waals surface area contributed by atoms with Gasteiger partial charge in [0.15, 0.2) is 0 Å². The number of nitrogens with zero attached hydrogens (tertiary/aromatic N) is 1. The minimum absolute atomic E-state index is 0.284. The number of piperazine rings is 1. The minimum Gasteiger partial charge on any atom is -0.423 e. The van der Waals surface area contributed by atoms with E-state index >= 15 is 0 Å². The summed E-state index contributed by atoms with van der Waals surface area (Å²) in [5, 5.41) is 4.39. The Labute approximate surface area is 125 Å². The molecule has 0 bridgehead atoms. The first-order chi connectivity index (χ1) is 9.63. The molecule has 20 heavy (non-hydrogen) atoms. The van der Waals surface area contributed by atoms with Gasteiger partial charge in [0.1, 0.15) is 5.58 Å². The van der Waals surface area contributed by atoms with Crippen molar-refractivity contribution in [2.24, 2.45) is 0 Å². The van der Waals surface area contributed by atoms with Crippen molar-refractivity contribution in [2.45, 2.75) is 19.5 Å². The average Bonchev–Trinajstić information content (AvgIpc) is 2.40. The number of hydrogen-bond acceptors (Lipinski definition) is 4. The molecule has 106 valence electrons. The normalized spacial score (nSPS) is 20.4. The molecule has 0 aliphatic carbocycles. The van der Waals surface area contributed by atoms with Gasteiger partial charge >= 0.3 is 5.63 Å². The van der Waals surface area contributed by atoms with Crippen LogP contribution in [0, 0.1) is 0 Å². The number of nitrogens with one attached hydrogen (secondary N) is 1. The van der Waals surface area contributed by atoms with Gasteiger partial charge < -0.3 is 9.73 Å². The molecule has 1 aromatic heterocycles. The molecule has 1 aromatic carbocycles. The molecule has 5 heteroatoms. The highest BCUT2D eigenvalue weighted by Crippen LogP contribution is 2.23. The van der Waals surface area contributed by atoms with Crippen molar-refractivity contribution < 1.29 is 4.42 Å². The third-order valence-electron chi connectivity index (χ3n) is 3.80. The Balaban J connectivity index is 2.00. The molecule has 2 heterocycles. The highest BCUT2D eigenvalue weighted by Gasteiger charge is 2.19. The van der Waals surface area contributed by atoms with Crippen molar-refractivity contribution in [1.29, 1.82) is 0 Å². The highest BCUT2D eigenvalue weighted by atomic mass is 79.9. The van der Waals surface area contributed by atoms with E-state index in [-0.39, 0.29) is 5.63 Å². The monoisotopic (exact) mass is 336 g/mol. The van der Waals surface area contributed by atoms with Gasteiger partial charge in [-0.3, -0.25) is 4.90 Å². The topological polar surface area (TPSA) is 45.5 Å². The third kappa shape index (κ3) is 2.80. The Bertz CT molecular complexity index is 683. The van der Waals surface area contributed by atoms with Gasteiger partial charge in [-0.05, 0) is 30.7 Å². The Morgan fingerprint density at radius 3 is 3.10 bits per heavy atom.